The van der Waals surface area contributed by atoms with Crippen molar-refractivity contribution >= 4 is 5.91 Å². The van der Waals surface area contributed by atoms with Gasteiger partial charge in [-0.1, -0.05) is 217 Å². The van der Waals surface area contributed by atoms with E-state index in [0.717, 1.165) is 109 Å². The van der Waals surface area contributed by atoms with Crippen LogP contribution in [0.5, 0.6) is 0 Å². The van der Waals surface area contributed by atoms with E-state index in [0.29, 0.717) is 12.8 Å². The highest BCUT2D eigenvalue weighted by molar-refractivity contribution is 5.76. The molecule has 19 heteroatoms. The number of unbranched alkanes of at least 4 members (excludes halogenated alkanes) is 13. The van der Waals surface area contributed by atoms with E-state index in [1.807, 2.05) is 6.08 Å². The van der Waals surface area contributed by atoms with Crippen molar-refractivity contribution in [1.29, 1.82) is 0 Å². The number of nitrogens with one attached hydrogen (secondary N) is 1. The van der Waals surface area contributed by atoms with E-state index >= 15 is 0 Å². The molecule has 0 bridgehead atoms. The van der Waals surface area contributed by atoms with Gasteiger partial charge in [0.05, 0.1) is 38.6 Å². The number of ether oxygens (including phenoxy) is 6. The van der Waals surface area contributed by atoms with Gasteiger partial charge in [0.1, 0.15) is 73.2 Å². The van der Waals surface area contributed by atoms with E-state index in [2.05, 4.69) is 153 Å². The van der Waals surface area contributed by atoms with Gasteiger partial charge in [-0.25, -0.2) is 0 Å². The van der Waals surface area contributed by atoms with Crippen molar-refractivity contribution < 1.29 is 89.4 Å². The average Bonchev–Trinajstić information content (AvgIpc) is 0.792. The smallest absolute Gasteiger partial charge is 0.220 e. The zero-order chi connectivity index (χ0) is 68.2. The Morgan fingerprint density at radius 1 is 0.394 bits per heavy atom. The lowest BCUT2D eigenvalue weighted by Crippen LogP contribution is -2.66. The van der Waals surface area contributed by atoms with Crippen molar-refractivity contribution in [2.45, 2.75) is 291 Å². The maximum absolute atomic E-state index is 13.4. The molecule has 3 heterocycles. The number of aliphatic hydroxyl groups is 11. The predicted octanol–water partition coefficient (Wildman–Crippen LogP) is 9.54. The summed E-state index contributed by atoms with van der Waals surface area (Å²) in [5.41, 5.74) is 0. The molecule has 12 N–H and O–H groups in total. The maximum Gasteiger partial charge on any atom is 0.220 e. The largest absolute Gasteiger partial charge is 0.394 e. The molecule has 17 unspecified atom stereocenters. The number of carbonyl (C=O) groups excluding carboxylic acids is 1. The van der Waals surface area contributed by atoms with Crippen LogP contribution in [0.1, 0.15) is 187 Å². The lowest BCUT2D eigenvalue weighted by atomic mass is 9.96. The summed E-state index contributed by atoms with van der Waals surface area (Å²) in [6.07, 6.45) is 51.1. The molecular formula is C75H121NO18. The van der Waals surface area contributed by atoms with Gasteiger partial charge < -0.3 is 89.9 Å². The fraction of sp³-hybridized carbons (Fsp3) is 0.667. The standard InChI is InChI=1S/C75H121NO18/c1-3-5-7-9-11-13-15-17-19-20-21-22-23-24-25-26-27-28-29-30-31-32-33-34-35-36-37-38-39-41-43-45-47-49-51-53-63(81)76-58(59(80)52-50-48-46-44-42-40-18-16-14-12-10-8-6-4-2)57-89-73-69(87)66(84)71(61(55-78)91-73)94-75-70(88)67(85)72(62(56-79)92-75)93-74-68(86)65(83)64(82)60(54-77)90-74/h5,7,11,13,17,19,21-22,24-25,27-28,30-31,33-34,36-37,39,41-42,44,50,52,58-62,64-75,77-80,82-88H,3-4,6,8-10,12,14-16,18,20,23,26,29,32,35,38,40,43,45-49,51,53-57H2,1-2H3,(H,76,81)/b7-5-,13-11-,19-17-,22-21-,25-24-,28-27-,31-30-,34-33-,37-36-,41-39-,44-42+,52-50+. The topological polar surface area (TPSA) is 307 Å². The Hall–Kier alpha value is -4.33. The number of hydrogen-bond donors (Lipinski definition) is 12. The SMILES string of the molecule is CC/C=C\C/C=C\C/C=C\C/C=C\C/C=C\C/C=C\C/C=C\C/C=C\C/C=C\C/C=C\CCCCCCC(=O)NC(COC1OC(CO)C(OC2OC(CO)C(OC3OC(CO)C(O)C(O)C3O)C(O)C2O)C(O)C1O)C(O)/C=C/CC/C=C/CCCCCCCCCC. The molecule has 0 saturated carbocycles. The van der Waals surface area contributed by atoms with Crippen molar-refractivity contribution in [2.75, 3.05) is 26.4 Å². The summed E-state index contributed by atoms with van der Waals surface area (Å²) in [7, 11) is 0. The Kier molecular flexibility index (Phi) is 48.8. The van der Waals surface area contributed by atoms with Crippen LogP contribution in [0.4, 0.5) is 0 Å². The first-order chi connectivity index (χ1) is 45.8. The second-order valence-electron chi connectivity index (χ2n) is 24.2. The Morgan fingerprint density at radius 3 is 1.19 bits per heavy atom. The van der Waals surface area contributed by atoms with Crippen molar-refractivity contribution in [1.82, 2.24) is 5.32 Å². The minimum Gasteiger partial charge on any atom is -0.394 e. The quantitative estimate of drug-likeness (QED) is 0.0199. The van der Waals surface area contributed by atoms with Gasteiger partial charge >= 0.3 is 0 Å². The van der Waals surface area contributed by atoms with Gasteiger partial charge in [-0.15, -0.1) is 0 Å². The third-order valence-electron chi connectivity index (χ3n) is 16.4. The van der Waals surface area contributed by atoms with E-state index in [-0.39, 0.29) is 18.9 Å². The highest BCUT2D eigenvalue weighted by atomic mass is 16.8. The van der Waals surface area contributed by atoms with Gasteiger partial charge in [-0.2, -0.15) is 0 Å². The molecule has 0 spiro atoms. The third kappa shape index (κ3) is 35.8. The molecule has 17 atom stereocenters. The van der Waals surface area contributed by atoms with E-state index in [9.17, 15) is 61.0 Å². The van der Waals surface area contributed by atoms with Crippen molar-refractivity contribution in [3.63, 3.8) is 0 Å². The third-order valence-corrected chi connectivity index (χ3v) is 16.4. The number of rotatable bonds is 51. The van der Waals surface area contributed by atoms with Gasteiger partial charge in [-0.3, -0.25) is 4.79 Å². The average molecular weight is 1320 g/mol. The first-order valence-corrected chi connectivity index (χ1v) is 35.1. The number of amides is 1. The monoisotopic (exact) mass is 1320 g/mol. The molecule has 3 aliphatic heterocycles. The van der Waals surface area contributed by atoms with Crippen molar-refractivity contribution in [3.05, 3.63) is 146 Å². The normalized spacial score (nSPS) is 28.3. The second-order valence-corrected chi connectivity index (χ2v) is 24.2. The molecule has 19 nitrogen and oxygen atoms in total. The minimum absolute atomic E-state index is 0.195. The van der Waals surface area contributed by atoms with Crippen LogP contribution in [0.2, 0.25) is 0 Å². The molecule has 0 radical (unpaired) electrons. The van der Waals surface area contributed by atoms with Gasteiger partial charge in [0, 0.05) is 6.42 Å². The van der Waals surface area contributed by atoms with Crippen LogP contribution in [-0.2, 0) is 33.2 Å². The Morgan fingerprint density at radius 2 is 0.745 bits per heavy atom. The van der Waals surface area contributed by atoms with Gasteiger partial charge in [0.2, 0.25) is 5.91 Å². The van der Waals surface area contributed by atoms with Gasteiger partial charge in [-0.05, 0) is 109 Å². The molecule has 0 aromatic rings. The van der Waals surface area contributed by atoms with E-state index in [1.54, 1.807) is 6.08 Å². The molecule has 534 valence electrons. The Bertz CT molecular complexity index is 2270. The first kappa shape index (κ1) is 83.9. The molecule has 0 aromatic heterocycles. The zero-order valence-corrected chi connectivity index (χ0v) is 56.4. The minimum atomic E-state index is -1.99. The molecule has 3 aliphatic rings. The molecule has 3 rings (SSSR count). The number of allylic oxidation sites excluding steroid dienone is 23. The fourth-order valence-corrected chi connectivity index (χ4v) is 10.7. The molecule has 94 heavy (non-hydrogen) atoms. The molecule has 3 saturated heterocycles. The molecule has 0 aromatic carbocycles. The number of aliphatic hydroxyl groups excluding tert-OH is 11. The Balaban J connectivity index is 1.41. The summed E-state index contributed by atoms with van der Waals surface area (Å²) in [6, 6.07) is -1.01. The zero-order valence-electron chi connectivity index (χ0n) is 56.4. The van der Waals surface area contributed by atoms with Crippen molar-refractivity contribution in [3.8, 4) is 0 Å². The highest BCUT2D eigenvalue weighted by Gasteiger charge is 2.53. The van der Waals surface area contributed by atoms with E-state index in [1.165, 1.54) is 44.9 Å². The van der Waals surface area contributed by atoms with E-state index < -0.39 is 124 Å². The molecule has 1 amide bonds. The second kappa shape index (κ2) is 54.7. The van der Waals surface area contributed by atoms with Gasteiger partial charge in [0.25, 0.3) is 0 Å². The summed E-state index contributed by atoms with van der Waals surface area (Å²) in [6.45, 7) is 1.53. The van der Waals surface area contributed by atoms with Gasteiger partial charge in [0.15, 0.2) is 18.9 Å². The molecule has 3 fully saturated rings. The van der Waals surface area contributed by atoms with Crippen molar-refractivity contribution in [2.24, 2.45) is 0 Å². The maximum atomic E-state index is 13.4. The Labute approximate surface area is 562 Å². The summed E-state index contributed by atoms with van der Waals surface area (Å²) < 4.78 is 34.3. The summed E-state index contributed by atoms with van der Waals surface area (Å²) in [4.78, 5) is 13.4. The fourth-order valence-electron chi connectivity index (χ4n) is 10.7. The summed E-state index contributed by atoms with van der Waals surface area (Å²) in [5.74, 6) is -0.318. The lowest BCUT2D eigenvalue weighted by Gasteiger charge is -2.48. The lowest BCUT2D eigenvalue weighted by molar-refractivity contribution is -0.379. The van der Waals surface area contributed by atoms with Crippen LogP contribution >= 0.6 is 0 Å². The number of carbonyl (C=O) groups is 1. The molecular weight excluding hydrogens is 1200 g/mol. The van der Waals surface area contributed by atoms with Crippen LogP contribution in [0.15, 0.2) is 146 Å². The van der Waals surface area contributed by atoms with Crippen LogP contribution in [0.25, 0.3) is 0 Å². The van der Waals surface area contributed by atoms with Crippen LogP contribution in [0, 0.1) is 0 Å². The predicted molar refractivity (Wildman–Crippen MR) is 369 cm³/mol. The summed E-state index contributed by atoms with van der Waals surface area (Å²) >= 11 is 0. The van der Waals surface area contributed by atoms with Crippen LogP contribution in [-0.4, -0.2) is 193 Å². The number of hydrogen-bond acceptors (Lipinski definition) is 18. The highest BCUT2D eigenvalue weighted by Crippen LogP contribution is 2.33. The first-order valence-electron chi connectivity index (χ1n) is 35.1. The summed E-state index contributed by atoms with van der Waals surface area (Å²) in [5, 5.41) is 120. The molecule has 0 aliphatic carbocycles. The van der Waals surface area contributed by atoms with Crippen LogP contribution < -0.4 is 5.32 Å². The van der Waals surface area contributed by atoms with Crippen LogP contribution in [0.3, 0.4) is 0 Å². The van der Waals surface area contributed by atoms with E-state index in [4.69, 9.17) is 28.4 Å².